The van der Waals surface area contributed by atoms with E-state index >= 15 is 0 Å². The molecule has 13 heavy (non-hydrogen) atoms. The molecule has 2 rings (SSSR count). The summed E-state index contributed by atoms with van der Waals surface area (Å²) >= 11 is 4.71. The Labute approximate surface area is 106 Å². The predicted molar refractivity (Wildman–Crippen MR) is 74.3 cm³/mol. The average molecular weight is 396 g/mol. The summed E-state index contributed by atoms with van der Waals surface area (Å²) in [7, 11) is 0. The van der Waals surface area contributed by atoms with E-state index in [0.717, 1.165) is 0 Å². The van der Waals surface area contributed by atoms with Crippen molar-refractivity contribution in [2.75, 3.05) is 0 Å². The average Bonchev–Trinajstić information content (AvgIpc) is 2.61. The molecule has 1 aliphatic rings. The first-order chi connectivity index (χ1) is 6.09. The van der Waals surface area contributed by atoms with Gasteiger partial charge in [0.15, 0.2) is 0 Å². The van der Waals surface area contributed by atoms with Gasteiger partial charge in [-0.3, -0.25) is 0 Å². The minimum absolute atomic E-state index is 0.341. The molecule has 1 aromatic rings. The normalized spacial score (nSPS) is 17.5. The van der Waals surface area contributed by atoms with Gasteiger partial charge in [-0.05, 0) is 49.4 Å². The molecule has 0 saturated heterocycles. The van der Waals surface area contributed by atoms with E-state index in [1.807, 2.05) is 0 Å². The van der Waals surface area contributed by atoms with Gasteiger partial charge in [-0.15, -0.1) is 0 Å². The standard InChI is InChI=1S/C11H10I2/c1-11(2)8-4-3-7(5-6-12)10(13)9(8)11/h3-6H,1-2H3/b6-5-. The molecule has 0 radical (unpaired) electrons. The van der Waals surface area contributed by atoms with E-state index in [1.165, 1.54) is 14.7 Å². The molecular weight excluding hydrogens is 386 g/mol. The molecule has 1 aromatic carbocycles. The van der Waals surface area contributed by atoms with Crippen LogP contribution in [0.4, 0.5) is 0 Å². The van der Waals surface area contributed by atoms with E-state index < -0.39 is 0 Å². The van der Waals surface area contributed by atoms with Crippen LogP contribution >= 0.6 is 45.2 Å². The van der Waals surface area contributed by atoms with Crippen molar-refractivity contribution in [1.29, 1.82) is 0 Å². The molecule has 0 nitrogen and oxygen atoms in total. The van der Waals surface area contributed by atoms with Crippen molar-refractivity contribution in [2.24, 2.45) is 0 Å². The summed E-state index contributed by atoms with van der Waals surface area (Å²) in [5, 5.41) is 0. The summed E-state index contributed by atoms with van der Waals surface area (Å²) in [6.07, 6.45) is 2.16. The highest BCUT2D eigenvalue weighted by Crippen LogP contribution is 2.52. The molecular formula is C11H10I2. The van der Waals surface area contributed by atoms with Crippen molar-refractivity contribution >= 4 is 51.3 Å². The molecule has 0 saturated carbocycles. The van der Waals surface area contributed by atoms with Gasteiger partial charge in [0.1, 0.15) is 0 Å². The van der Waals surface area contributed by atoms with Crippen LogP contribution in [0.5, 0.6) is 0 Å². The lowest BCUT2D eigenvalue weighted by molar-refractivity contribution is 0.791. The summed E-state index contributed by atoms with van der Waals surface area (Å²) in [4.78, 5) is 0. The Morgan fingerprint density at radius 1 is 1.31 bits per heavy atom. The molecule has 0 atom stereocenters. The van der Waals surface area contributed by atoms with Crippen LogP contribution in [0.15, 0.2) is 16.2 Å². The largest absolute Gasteiger partial charge is 0.0572 e. The number of benzene rings is 1. The van der Waals surface area contributed by atoms with E-state index in [9.17, 15) is 0 Å². The second kappa shape index (κ2) is 3.22. The molecule has 0 spiro atoms. The first-order valence-electron chi connectivity index (χ1n) is 4.19. The van der Waals surface area contributed by atoms with Crippen LogP contribution in [0.1, 0.15) is 30.5 Å². The number of hydrogen-bond acceptors (Lipinski definition) is 0. The van der Waals surface area contributed by atoms with Gasteiger partial charge in [-0.25, -0.2) is 0 Å². The van der Waals surface area contributed by atoms with Crippen LogP contribution in [0.3, 0.4) is 0 Å². The molecule has 0 heterocycles. The van der Waals surface area contributed by atoms with Gasteiger partial charge in [0.2, 0.25) is 0 Å². The second-order valence-electron chi connectivity index (χ2n) is 3.81. The van der Waals surface area contributed by atoms with Crippen molar-refractivity contribution in [3.05, 3.63) is 36.5 Å². The molecule has 2 heteroatoms. The van der Waals surface area contributed by atoms with E-state index in [2.05, 4.69) is 81.3 Å². The minimum atomic E-state index is 0.341. The van der Waals surface area contributed by atoms with Crippen molar-refractivity contribution in [3.63, 3.8) is 0 Å². The topological polar surface area (TPSA) is 0 Å². The van der Waals surface area contributed by atoms with Crippen molar-refractivity contribution in [1.82, 2.24) is 0 Å². The highest BCUT2D eigenvalue weighted by atomic mass is 127. The van der Waals surface area contributed by atoms with Crippen molar-refractivity contribution in [3.8, 4) is 0 Å². The maximum atomic E-state index is 2.45. The third-order valence-electron chi connectivity index (χ3n) is 2.65. The Balaban J connectivity index is 2.53. The molecule has 0 N–H and O–H groups in total. The molecule has 0 aromatic heterocycles. The van der Waals surface area contributed by atoms with Crippen LogP contribution in [0, 0.1) is 3.57 Å². The van der Waals surface area contributed by atoms with Crippen molar-refractivity contribution < 1.29 is 0 Å². The zero-order valence-electron chi connectivity index (χ0n) is 7.57. The SMILES string of the molecule is CC1(C)c2ccc(/C=C\I)c(I)c21. The Hall–Kier alpha value is 0.420. The molecule has 0 fully saturated rings. The third-order valence-corrected chi connectivity index (χ3v) is 4.17. The number of halogens is 2. The fourth-order valence-electron chi connectivity index (χ4n) is 1.77. The predicted octanol–water partition coefficient (Wildman–Crippen LogP) is 4.34. The van der Waals surface area contributed by atoms with E-state index in [-0.39, 0.29) is 0 Å². The molecule has 0 unspecified atom stereocenters. The van der Waals surface area contributed by atoms with E-state index in [1.54, 1.807) is 5.56 Å². The Bertz CT molecular complexity index is 389. The van der Waals surface area contributed by atoms with Crippen LogP contribution < -0.4 is 0 Å². The lowest BCUT2D eigenvalue weighted by atomic mass is 10.1. The Morgan fingerprint density at radius 2 is 2.00 bits per heavy atom. The first kappa shape index (κ1) is 9.96. The molecule has 0 bridgehead atoms. The van der Waals surface area contributed by atoms with Gasteiger partial charge in [0.05, 0.1) is 0 Å². The van der Waals surface area contributed by atoms with Gasteiger partial charge < -0.3 is 0 Å². The Morgan fingerprint density at radius 3 is 2.62 bits per heavy atom. The summed E-state index contributed by atoms with van der Waals surface area (Å²) in [5.41, 5.74) is 4.75. The van der Waals surface area contributed by atoms with Gasteiger partial charge in [0.25, 0.3) is 0 Å². The summed E-state index contributed by atoms with van der Waals surface area (Å²) in [6.45, 7) is 4.58. The molecule has 0 amide bonds. The second-order valence-corrected chi connectivity index (χ2v) is 5.61. The van der Waals surface area contributed by atoms with Crippen LogP contribution in [0.25, 0.3) is 6.08 Å². The highest BCUT2D eigenvalue weighted by molar-refractivity contribution is 14.1. The van der Waals surface area contributed by atoms with Gasteiger partial charge >= 0.3 is 0 Å². The minimum Gasteiger partial charge on any atom is -0.0572 e. The van der Waals surface area contributed by atoms with Crippen LogP contribution in [-0.4, -0.2) is 0 Å². The fraction of sp³-hybridized carbons (Fsp3) is 0.273. The highest BCUT2D eigenvalue weighted by Gasteiger charge is 2.43. The van der Waals surface area contributed by atoms with Gasteiger partial charge in [0, 0.05) is 8.99 Å². The number of hydrogen-bond donors (Lipinski definition) is 0. The van der Waals surface area contributed by atoms with E-state index in [0.29, 0.717) is 5.41 Å². The lowest BCUT2D eigenvalue weighted by Gasteiger charge is -1.97. The Kier molecular flexibility index (Phi) is 2.47. The van der Waals surface area contributed by atoms with E-state index in [4.69, 9.17) is 0 Å². The number of rotatable bonds is 1. The number of fused-ring (bicyclic) bond motifs is 1. The summed E-state index contributed by atoms with van der Waals surface area (Å²) < 4.78 is 3.49. The quantitative estimate of drug-likeness (QED) is 0.620. The molecule has 0 aliphatic heterocycles. The smallest absolute Gasteiger partial charge is 0.0246 e. The monoisotopic (exact) mass is 396 g/mol. The summed E-state index contributed by atoms with van der Waals surface area (Å²) in [5.74, 6) is 0. The van der Waals surface area contributed by atoms with Gasteiger partial charge in [-0.1, -0.05) is 48.6 Å². The summed E-state index contributed by atoms with van der Waals surface area (Å²) in [6, 6.07) is 4.47. The maximum absolute atomic E-state index is 2.45. The third kappa shape index (κ3) is 1.46. The van der Waals surface area contributed by atoms with Crippen LogP contribution in [0.2, 0.25) is 0 Å². The van der Waals surface area contributed by atoms with Crippen LogP contribution in [-0.2, 0) is 5.41 Å². The van der Waals surface area contributed by atoms with Gasteiger partial charge in [-0.2, -0.15) is 0 Å². The first-order valence-corrected chi connectivity index (χ1v) is 6.51. The molecule has 1 aliphatic carbocycles. The molecule has 68 valence electrons. The zero-order chi connectivity index (χ0) is 9.64. The van der Waals surface area contributed by atoms with Crippen molar-refractivity contribution in [2.45, 2.75) is 19.3 Å². The maximum Gasteiger partial charge on any atom is 0.0246 e. The fourth-order valence-corrected chi connectivity index (χ4v) is 3.48. The lowest BCUT2D eigenvalue weighted by Crippen LogP contribution is -1.91. The zero-order valence-corrected chi connectivity index (χ0v) is 11.9.